The van der Waals surface area contributed by atoms with E-state index in [0.29, 0.717) is 17.2 Å². The molecule has 28 heavy (non-hydrogen) atoms. The first-order chi connectivity index (χ1) is 13.4. The van der Waals surface area contributed by atoms with Crippen LogP contribution >= 0.6 is 23.4 Å². The number of rotatable bonds is 7. The minimum atomic E-state index is -0.520. The Bertz CT molecular complexity index is 886. The molecule has 1 saturated heterocycles. The number of amides is 2. The maximum absolute atomic E-state index is 11.7. The van der Waals surface area contributed by atoms with Crippen LogP contribution in [0, 0.1) is 0 Å². The lowest BCUT2D eigenvalue weighted by molar-refractivity contribution is -0.118. The molecule has 2 amide bonds. The molecular weight excluding hydrogens is 402 g/mol. The van der Waals surface area contributed by atoms with E-state index in [1.165, 1.54) is 6.92 Å². The van der Waals surface area contributed by atoms with E-state index in [4.69, 9.17) is 21.1 Å². The number of benzene rings is 2. The molecule has 3 rings (SSSR count). The van der Waals surface area contributed by atoms with Gasteiger partial charge in [0.1, 0.15) is 5.75 Å². The molecule has 2 N–H and O–H groups in total. The number of esters is 1. The summed E-state index contributed by atoms with van der Waals surface area (Å²) in [5.41, 5.74) is 1.71. The lowest BCUT2D eigenvalue weighted by atomic mass is 10.1. The van der Waals surface area contributed by atoms with Gasteiger partial charge in [0.25, 0.3) is 11.3 Å². The van der Waals surface area contributed by atoms with Crippen LogP contribution in [0.3, 0.4) is 0 Å². The van der Waals surface area contributed by atoms with Crippen LogP contribution in [0.15, 0.2) is 48.5 Å². The first-order valence-corrected chi connectivity index (χ1v) is 9.84. The summed E-state index contributed by atoms with van der Waals surface area (Å²) in [6.45, 7) is 1.63. The van der Waals surface area contributed by atoms with Gasteiger partial charge in [-0.25, -0.2) is 0 Å². The molecule has 2 aromatic carbocycles. The molecule has 0 aromatic heterocycles. The molecule has 1 unspecified atom stereocenters. The Balaban J connectivity index is 1.61. The second kappa shape index (κ2) is 9.12. The number of hydrogen-bond acceptors (Lipinski definition) is 5. The monoisotopic (exact) mass is 420 g/mol. The second-order valence-corrected chi connectivity index (χ2v) is 7.83. The summed E-state index contributed by atoms with van der Waals surface area (Å²) in [4.78, 5) is 32.4. The van der Waals surface area contributed by atoms with Crippen LogP contribution < -0.4 is 10.1 Å². The Morgan fingerprint density at radius 1 is 1.25 bits per heavy atom. The van der Waals surface area contributed by atoms with Crippen LogP contribution in [0.25, 0.3) is 0 Å². The number of halogens is 1. The molecule has 1 heterocycles. The summed E-state index contributed by atoms with van der Waals surface area (Å²) in [6, 6.07) is 14.4. The van der Waals surface area contributed by atoms with E-state index in [2.05, 4.69) is 5.32 Å². The lowest BCUT2D eigenvalue weighted by Crippen LogP contribution is -2.25. The molecule has 2 aromatic rings. The minimum Gasteiger partial charge on any atom is -0.486 e. The number of carbonyl (C=O) groups excluding carboxylic acids is 3. The van der Waals surface area contributed by atoms with Gasteiger partial charge >= 0.3 is 5.97 Å². The van der Waals surface area contributed by atoms with Gasteiger partial charge in [-0.3, -0.25) is 14.9 Å². The van der Waals surface area contributed by atoms with Gasteiger partial charge < -0.3 is 14.3 Å². The molecule has 6 nitrogen and oxygen atoms in total. The molecule has 0 aliphatic carbocycles. The number of nitrogens with one attached hydrogen (secondary N) is 1. The molecule has 0 bridgehead atoms. The van der Waals surface area contributed by atoms with Crippen molar-refractivity contribution >= 4 is 40.5 Å². The third-order valence-electron chi connectivity index (χ3n) is 4.05. The van der Waals surface area contributed by atoms with Crippen molar-refractivity contribution < 1.29 is 23.9 Å². The van der Waals surface area contributed by atoms with Crippen LogP contribution in [0.4, 0.5) is 4.79 Å². The number of hydrogen-bond donors (Lipinski definition) is 1. The summed E-state index contributed by atoms with van der Waals surface area (Å²) < 4.78 is 11.3. The molecular formula is C20H19ClNO5S+. The first kappa shape index (κ1) is 20.2. The highest BCUT2D eigenvalue weighted by molar-refractivity contribution is 8.15. The van der Waals surface area contributed by atoms with Crippen molar-refractivity contribution in [2.45, 2.75) is 24.7 Å². The zero-order valence-corrected chi connectivity index (χ0v) is 16.6. The lowest BCUT2D eigenvalue weighted by Gasteiger charge is -2.13. The number of carbonyl (C=O) groups is 2. The van der Waals surface area contributed by atoms with Gasteiger partial charge in [0, 0.05) is 10.6 Å². The third kappa shape index (κ3) is 5.50. The highest BCUT2D eigenvalue weighted by Gasteiger charge is 2.31. The molecule has 146 valence electrons. The molecule has 0 radical (unpaired) electrons. The predicted molar refractivity (Wildman–Crippen MR) is 108 cm³/mol. The summed E-state index contributed by atoms with van der Waals surface area (Å²) in [5.74, 6) is 0.202. The summed E-state index contributed by atoms with van der Waals surface area (Å²) in [7, 11) is 0. The van der Waals surface area contributed by atoms with Gasteiger partial charge in [-0.05, 0) is 36.2 Å². The maximum Gasteiger partial charge on any atom is 0.480 e. The van der Waals surface area contributed by atoms with Crippen molar-refractivity contribution in [3.63, 3.8) is 0 Å². The fraction of sp³-hybridized carbons (Fsp3) is 0.250. The average Bonchev–Trinajstić information content (AvgIpc) is 2.96. The smallest absolute Gasteiger partial charge is 0.480 e. The summed E-state index contributed by atoms with van der Waals surface area (Å²) >= 11 is 7.04. The summed E-state index contributed by atoms with van der Waals surface area (Å²) in [5, 5.41) is 2.14. The van der Waals surface area contributed by atoms with Crippen LogP contribution in [0.1, 0.15) is 24.2 Å². The van der Waals surface area contributed by atoms with E-state index in [1.54, 1.807) is 30.3 Å². The maximum atomic E-state index is 11.7. The Morgan fingerprint density at radius 3 is 2.61 bits per heavy atom. The first-order valence-electron chi connectivity index (χ1n) is 8.58. The largest absolute Gasteiger partial charge is 0.486 e. The average molecular weight is 421 g/mol. The van der Waals surface area contributed by atoms with Crippen molar-refractivity contribution in [2.24, 2.45) is 0 Å². The molecule has 2 atom stereocenters. The molecule has 0 spiro atoms. The normalized spacial score (nSPS) is 17.1. The molecule has 1 aliphatic heterocycles. The van der Waals surface area contributed by atoms with E-state index in [-0.39, 0.29) is 23.7 Å². The zero-order chi connectivity index (χ0) is 20.1. The van der Waals surface area contributed by atoms with Crippen molar-refractivity contribution in [3.05, 3.63) is 64.7 Å². The van der Waals surface area contributed by atoms with Gasteiger partial charge in [-0.2, -0.15) is 0 Å². The van der Waals surface area contributed by atoms with Gasteiger partial charge in [0.05, 0.1) is 12.2 Å². The van der Waals surface area contributed by atoms with Gasteiger partial charge in [0.15, 0.2) is 6.61 Å². The van der Waals surface area contributed by atoms with Crippen molar-refractivity contribution in [1.82, 2.24) is 5.32 Å². The fourth-order valence-corrected chi connectivity index (χ4v) is 3.80. The van der Waals surface area contributed by atoms with Crippen LogP contribution in [-0.4, -0.2) is 33.8 Å². The Hall–Kier alpha value is -2.51. The Morgan fingerprint density at radius 2 is 2.00 bits per heavy atom. The minimum absolute atomic E-state index is 0.161. The third-order valence-corrected chi connectivity index (χ3v) is 5.26. The van der Waals surface area contributed by atoms with E-state index in [0.717, 1.165) is 22.9 Å². The fourth-order valence-electron chi connectivity index (χ4n) is 2.75. The van der Waals surface area contributed by atoms with Crippen molar-refractivity contribution in [1.29, 1.82) is 0 Å². The van der Waals surface area contributed by atoms with Gasteiger partial charge in [-0.15, -0.1) is 0 Å². The van der Waals surface area contributed by atoms with E-state index >= 15 is 0 Å². The molecule has 8 heteroatoms. The quantitative estimate of drug-likeness (QED) is 0.542. The second-order valence-electron chi connectivity index (χ2n) is 6.22. The van der Waals surface area contributed by atoms with Crippen LogP contribution in [0.5, 0.6) is 5.75 Å². The number of thioether (sulfide) groups is 1. The topological polar surface area (TPSA) is 86.0 Å². The van der Waals surface area contributed by atoms with Crippen LogP contribution in [0.2, 0.25) is 5.02 Å². The highest BCUT2D eigenvalue weighted by Crippen LogP contribution is 2.25. The van der Waals surface area contributed by atoms with Crippen molar-refractivity contribution in [3.8, 4) is 5.75 Å². The summed E-state index contributed by atoms with van der Waals surface area (Å²) in [6.07, 6.45) is -0.0527. The zero-order valence-electron chi connectivity index (χ0n) is 15.1. The van der Waals surface area contributed by atoms with E-state index in [9.17, 15) is 14.4 Å². The number of imide groups is 1. The Labute approximate surface area is 171 Å². The SMILES string of the molecule is CC(=[OH+])O[C@H](COc1ccc(CC2SC(=O)NC2=O)cc1)c1cccc(Cl)c1. The molecule has 0 saturated carbocycles. The van der Waals surface area contributed by atoms with Gasteiger partial charge in [0.2, 0.25) is 5.91 Å². The molecule has 1 aliphatic rings. The Kier molecular flexibility index (Phi) is 6.59. The molecule has 1 fully saturated rings. The standard InChI is InChI=1S/C20H18ClNO5S/c1-12(23)27-17(14-3-2-4-15(21)10-14)11-26-16-7-5-13(6-8-16)9-18-19(24)22-20(25)28-18/h2-8,10,17-18H,9,11H2,1H3,(H,22,24,25)/p+1/t17-,18?/m1/s1. The predicted octanol–water partition coefficient (Wildman–Crippen LogP) is 3.89. The van der Waals surface area contributed by atoms with E-state index in [1.807, 2.05) is 18.2 Å². The highest BCUT2D eigenvalue weighted by atomic mass is 35.5. The van der Waals surface area contributed by atoms with Crippen LogP contribution in [-0.2, 0) is 16.0 Å². The van der Waals surface area contributed by atoms with Crippen molar-refractivity contribution in [2.75, 3.05) is 6.61 Å². The van der Waals surface area contributed by atoms with Gasteiger partial charge in [-0.1, -0.05) is 47.6 Å². The number of ether oxygens (including phenoxy) is 2. The van der Waals surface area contributed by atoms with E-state index < -0.39 is 11.4 Å².